The van der Waals surface area contributed by atoms with Gasteiger partial charge in [0.1, 0.15) is 12.4 Å². The second-order valence-corrected chi connectivity index (χ2v) is 7.07. The summed E-state index contributed by atoms with van der Waals surface area (Å²) in [6.45, 7) is 5.71. The normalized spacial score (nSPS) is 22.3. The number of likely N-dealkylation sites (tertiary alicyclic amines) is 1. The highest BCUT2D eigenvalue weighted by Gasteiger charge is 2.49. The van der Waals surface area contributed by atoms with Crippen LogP contribution in [0.3, 0.4) is 0 Å². The molecule has 26 heavy (non-hydrogen) atoms. The van der Waals surface area contributed by atoms with Gasteiger partial charge < -0.3 is 14.7 Å². The highest BCUT2D eigenvalue weighted by atomic mass is 19.1. The lowest BCUT2D eigenvalue weighted by molar-refractivity contribution is 0.0726. The highest BCUT2D eigenvalue weighted by Crippen LogP contribution is 2.36. The van der Waals surface area contributed by atoms with Crippen LogP contribution in [0.15, 0.2) is 29.4 Å². The van der Waals surface area contributed by atoms with Crippen molar-refractivity contribution in [1.29, 1.82) is 0 Å². The number of ether oxygens (including phenoxy) is 1. The van der Waals surface area contributed by atoms with Crippen molar-refractivity contribution >= 4 is 6.09 Å². The van der Waals surface area contributed by atoms with Crippen LogP contribution in [0.2, 0.25) is 0 Å². The van der Waals surface area contributed by atoms with Crippen LogP contribution in [-0.2, 0) is 4.74 Å². The number of hydrogen-bond donors (Lipinski definition) is 1. The fraction of sp³-hybridized carbons (Fsp3) is 0.500. The monoisotopic (exact) mass is 360 g/mol. The summed E-state index contributed by atoms with van der Waals surface area (Å²) in [5, 5.41) is 13.2. The Morgan fingerprint density at radius 3 is 2.77 bits per heavy atom. The molecule has 1 N–H and O–H groups in total. The molecular weight excluding hydrogens is 339 g/mol. The Hall–Kier alpha value is -2.75. The first-order valence-corrected chi connectivity index (χ1v) is 8.14. The number of benzene rings is 1. The van der Waals surface area contributed by atoms with E-state index in [1.165, 1.54) is 11.0 Å². The molecule has 7 nitrogen and oxygen atoms in total. The third-order valence-electron chi connectivity index (χ3n) is 4.20. The lowest BCUT2D eigenvalue weighted by Crippen LogP contribution is -2.47. The summed E-state index contributed by atoms with van der Waals surface area (Å²) in [7, 11) is 0. The van der Waals surface area contributed by atoms with Crippen molar-refractivity contribution < 1.29 is 19.0 Å². The van der Waals surface area contributed by atoms with Crippen molar-refractivity contribution in [3.05, 3.63) is 46.1 Å². The minimum absolute atomic E-state index is 0.0270. The van der Waals surface area contributed by atoms with E-state index < -0.39 is 35.5 Å². The summed E-state index contributed by atoms with van der Waals surface area (Å²) in [4.78, 5) is 15.7. The Labute approximate surface area is 151 Å². The standard InChI is InChI=1S/C18H21FN4O3/c1-18(2,3)16-15(21-22-20)14(11-23(16)17(24)25)26-10-6-8-12-7-4-5-9-13(12)19/h4-5,7,9,14-16H,10-11H2,1-3H3,(H,24,25)/t14-,15+,16?/m1/s1. The molecule has 0 aromatic heterocycles. The smallest absolute Gasteiger partial charge is 0.407 e. The maximum atomic E-state index is 13.5. The molecule has 1 amide bonds. The summed E-state index contributed by atoms with van der Waals surface area (Å²) in [6, 6.07) is 4.96. The van der Waals surface area contributed by atoms with Gasteiger partial charge in [0.15, 0.2) is 0 Å². The van der Waals surface area contributed by atoms with Crippen LogP contribution in [0.25, 0.3) is 10.4 Å². The number of nitrogens with zero attached hydrogens (tertiary/aromatic N) is 4. The molecule has 1 aliphatic heterocycles. The number of carboxylic acid groups (broad SMARTS) is 1. The van der Waals surface area contributed by atoms with Crippen LogP contribution in [-0.4, -0.2) is 47.4 Å². The van der Waals surface area contributed by atoms with Crippen molar-refractivity contribution in [2.75, 3.05) is 13.2 Å². The molecule has 1 aromatic rings. The Balaban J connectivity index is 2.14. The summed E-state index contributed by atoms with van der Waals surface area (Å²) in [6.07, 6.45) is -1.70. The Morgan fingerprint density at radius 1 is 1.50 bits per heavy atom. The van der Waals surface area contributed by atoms with Gasteiger partial charge in [0.2, 0.25) is 0 Å². The highest BCUT2D eigenvalue weighted by molar-refractivity contribution is 5.66. The lowest BCUT2D eigenvalue weighted by atomic mass is 9.82. The molecule has 138 valence electrons. The largest absolute Gasteiger partial charge is 0.465 e. The summed E-state index contributed by atoms with van der Waals surface area (Å²) < 4.78 is 19.2. The molecule has 1 unspecified atom stereocenters. The number of rotatable bonds is 3. The third-order valence-corrected chi connectivity index (χ3v) is 4.20. The first-order chi connectivity index (χ1) is 12.3. The van der Waals surface area contributed by atoms with Gasteiger partial charge in [-0.05, 0) is 23.1 Å². The molecular formula is C18H21FN4O3. The molecule has 0 bridgehead atoms. The molecule has 1 fully saturated rings. The van der Waals surface area contributed by atoms with Crippen molar-refractivity contribution in [1.82, 2.24) is 4.90 Å². The van der Waals surface area contributed by atoms with Gasteiger partial charge in [-0.25, -0.2) is 9.18 Å². The number of halogens is 1. The predicted octanol–water partition coefficient (Wildman–Crippen LogP) is 3.65. The van der Waals surface area contributed by atoms with Crippen LogP contribution >= 0.6 is 0 Å². The van der Waals surface area contributed by atoms with E-state index in [9.17, 15) is 14.3 Å². The van der Waals surface area contributed by atoms with Gasteiger partial charge in [-0.2, -0.15) is 0 Å². The van der Waals surface area contributed by atoms with Crippen molar-refractivity contribution in [2.45, 2.75) is 39.0 Å². The molecule has 8 heteroatoms. The fourth-order valence-corrected chi connectivity index (χ4v) is 3.17. The Morgan fingerprint density at radius 2 is 2.19 bits per heavy atom. The average Bonchev–Trinajstić information content (AvgIpc) is 2.92. The predicted molar refractivity (Wildman–Crippen MR) is 93.9 cm³/mol. The topological polar surface area (TPSA) is 98.5 Å². The zero-order valence-electron chi connectivity index (χ0n) is 14.9. The van der Waals surface area contributed by atoms with E-state index in [0.717, 1.165) is 0 Å². The van der Waals surface area contributed by atoms with Crippen molar-refractivity contribution in [3.8, 4) is 11.8 Å². The van der Waals surface area contributed by atoms with E-state index in [2.05, 4.69) is 21.9 Å². The van der Waals surface area contributed by atoms with Gasteiger partial charge in [0.25, 0.3) is 0 Å². The van der Waals surface area contributed by atoms with E-state index in [1.807, 2.05) is 20.8 Å². The first-order valence-electron chi connectivity index (χ1n) is 8.14. The van der Waals surface area contributed by atoms with Crippen molar-refractivity contribution in [3.63, 3.8) is 0 Å². The number of amides is 1. The summed E-state index contributed by atoms with van der Waals surface area (Å²) in [5.74, 6) is 4.97. The van der Waals surface area contributed by atoms with E-state index in [-0.39, 0.29) is 18.7 Å². The molecule has 0 spiro atoms. The molecule has 0 saturated carbocycles. The van der Waals surface area contributed by atoms with Crippen LogP contribution in [0.1, 0.15) is 26.3 Å². The van der Waals surface area contributed by atoms with Crippen LogP contribution < -0.4 is 0 Å². The van der Waals surface area contributed by atoms with Gasteiger partial charge in [-0.1, -0.05) is 49.9 Å². The zero-order chi connectivity index (χ0) is 19.3. The van der Waals surface area contributed by atoms with E-state index in [4.69, 9.17) is 10.3 Å². The minimum Gasteiger partial charge on any atom is -0.465 e. The second kappa shape index (κ2) is 8.09. The zero-order valence-corrected chi connectivity index (χ0v) is 14.9. The number of carbonyl (C=O) groups is 1. The Bertz CT molecular complexity index is 775. The first kappa shape index (κ1) is 19.6. The minimum atomic E-state index is -1.09. The SMILES string of the molecule is CC(C)(C)C1[C@@H](N=[N+]=[N-])[C@H](OCC#Cc2ccccc2F)CN1C(=O)O. The average molecular weight is 360 g/mol. The van der Waals surface area contributed by atoms with Gasteiger partial charge >= 0.3 is 6.09 Å². The number of azide groups is 1. The third kappa shape index (κ3) is 4.45. The van der Waals surface area contributed by atoms with Gasteiger partial charge in [0, 0.05) is 4.91 Å². The molecule has 1 aliphatic rings. The Kier molecular flexibility index (Phi) is 6.09. The van der Waals surface area contributed by atoms with Gasteiger partial charge in [-0.15, -0.1) is 0 Å². The number of hydrogen-bond acceptors (Lipinski definition) is 3. The molecule has 2 rings (SSSR count). The van der Waals surface area contributed by atoms with Crippen LogP contribution in [0, 0.1) is 23.1 Å². The van der Waals surface area contributed by atoms with E-state index >= 15 is 0 Å². The van der Waals surface area contributed by atoms with E-state index in [1.54, 1.807) is 18.2 Å². The molecule has 1 heterocycles. The lowest BCUT2D eigenvalue weighted by Gasteiger charge is -2.35. The van der Waals surface area contributed by atoms with E-state index in [0.29, 0.717) is 0 Å². The fourth-order valence-electron chi connectivity index (χ4n) is 3.17. The van der Waals surface area contributed by atoms with Gasteiger partial charge in [-0.3, -0.25) is 0 Å². The molecule has 0 aliphatic carbocycles. The quantitative estimate of drug-likeness (QED) is 0.385. The molecule has 0 radical (unpaired) electrons. The van der Waals surface area contributed by atoms with Crippen molar-refractivity contribution in [2.24, 2.45) is 10.5 Å². The molecule has 1 aromatic carbocycles. The molecule has 3 atom stereocenters. The van der Waals surface area contributed by atoms with Crippen LogP contribution in [0.5, 0.6) is 0 Å². The van der Waals surface area contributed by atoms with Crippen LogP contribution in [0.4, 0.5) is 9.18 Å². The maximum Gasteiger partial charge on any atom is 0.407 e. The molecule has 1 saturated heterocycles. The summed E-state index contributed by atoms with van der Waals surface area (Å²) >= 11 is 0. The summed E-state index contributed by atoms with van der Waals surface area (Å²) in [5.41, 5.74) is 8.69. The maximum absolute atomic E-state index is 13.5. The van der Waals surface area contributed by atoms with Gasteiger partial charge in [0.05, 0.1) is 30.3 Å². The second-order valence-electron chi connectivity index (χ2n) is 7.07.